The number of carbonyl (C=O) groups excluding carboxylic acids is 2. The third-order valence-electron chi connectivity index (χ3n) is 3.92. The van der Waals surface area contributed by atoms with Crippen molar-refractivity contribution in [2.24, 2.45) is 5.92 Å². The molecule has 0 bridgehead atoms. The molecule has 1 aromatic rings. The number of hydrogen-bond acceptors (Lipinski definition) is 4. The van der Waals surface area contributed by atoms with Crippen LogP contribution in [0.15, 0.2) is 30.3 Å². The summed E-state index contributed by atoms with van der Waals surface area (Å²) in [7, 11) is 0. The zero-order chi connectivity index (χ0) is 18.4. The minimum absolute atomic E-state index is 0.130. The molecule has 1 aliphatic carbocycles. The number of hydrogen-bond donors (Lipinski definition) is 3. The van der Waals surface area contributed by atoms with Crippen molar-refractivity contribution in [1.82, 2.24) is 10.6 Å². The third kappa shape index (κ3) is 5.48. The van der Waals surface area contributed by atoms with Gasteiger partial charge in [0.1, 0.15) is 11.8 Å². The maximum atomic E-state index is 12.3. The lowest BCUT2D eigenvalue weighted by molar-refractivity contribution is -0.142. The molecule has 1 atom stereocenters. The van der Waals surface area contributed by atoms with Gasteiger partial charge in [0, 0.05) is 12.8 Å². The molecule has 0 saturated heterocycles. The number of carbonyl (C=O) groups is 3. The van der Waals surface area contributed by atoms with Gasteiger partial charge in [-0.3, -0.25) is 9.59 Å². The zero-order valence-corrected chi connectivity index (χ0v) is 14.5. The summed E-state index contributed by atoms with van der Waals surface area (Å²) >= 11 is 0. The second kappa shape index (κ2) is 8.00. The SMILES string of the molecule is CC(C)C[C@H](NC(=O)CNC(=O)C1(Oc2ccccc2)CC1)C(=O)O. The summed E-state index contributed by atoms with van der Waals surface area (Å²) in [5.74, 6) is -1.24. The molecule has 0 heterocycles. The second-order valence-corrected chi connectivity index (χ2v) is 6.68. The molecule has 2 amide bonds. The molecule has 0 aliphatic heterocycles. The van der Waals surface area contributed by atoms with Crippen LogP contribution in [0.2, 0.25) is 0 Å². The summed E-state index contributed by atoms with van der Waals surface area (Å²) in [5, 5.41) is 14.1. The fourth-order valence-corrected chi connectivity index (χ4v) is 2.46. The highest BCUT2D eigenvalue weighted by Gasteiger charge is 2.53. The standard InChI is InChI=1S/C18H24N2O5/c1-12(2)10-14(16(22)23)20-15(21)11-19-17(24)18(8-9-18)25-13-6-4-3-5-7-13/h3-7,12,14H,8-11H2,1-2H3,(H,19,24)(H,20,21)(H,22,23)/t14-/m0/s1. The highest BCUT2D eigenvalue weighted by atomic mass is 16.5. The van der Waals surface area contributed by atoms with Crippen molar-refractivity contribution >= 4 is 17.8 Å². The van der Waals surface area contributed by atoms with E-state index in [1.165, 1.54) is 0 Å². The quantitative estimate of drug-likeness (QED) is 0.624. The Kier molecular flexibility index (Phi) is 6.01. The Morgan fingerprint density at radius 3 is 2.36 bits per heavy atom. The molecular formula is C18H24N2O5. The van der Waals surface area contributed by atoms with E-state index < -0.39 is 23.5 Å². The monoisotopic (exact) mass is 348 g/mol. The number of nitrogens with one attached hydrogen (secondary N) is 2. The first kappa shape index (κ1) is 18.8. The van der Waals surface area contributed by atoms with Crippen LogP contribution in [0.3, 0.4) is 0 Å². The van der Waals surface area contributed by atoms with Crippen molar-refractivity contribution < 1.29 is 24.2 Å². The molecule has 2 rings (SSSR count). The average molecular weight is 348 g/mol. The Hall–Kier alpha value is -2.57. The van der Waals surface area contributed by atoms with Crippen molar-refractivity contribution in [3.8, 4) is 5.75 Å². The molecule has 1 aromatic carbocycles. The van der Waals surface area contributed by atoms with Gasteiger partial charge >= 0.3 is 5.97 Å². The molecule has 0 radical (unpaired) electrons. The van der Waals surface area contributed by atoms with E-state index in [1.807, 2.05) is 32.0 Å². The molecule has 0 unspecified atom stereocenters. The normalized spacial score (nSPS) is 16.0. The lowest BCUT2D eigenvalue weighted by atomic mass is 10.0. The highest BCUT2D eigenvalue weighted by molar-refractivity contribution is 5.92. The van der Waals surface area contributed by atoms with Crippen molar-refractivity contribution in [1.29, 1.82) is 0 Å². The first-order valence-electron chi connectivity index (χ1n) is 8.37. The van der Waals surface area contributed by atoms with Gasteiger partial charge in [0.25, 0.3) is 5.91 Å². The van der Waals surface area contributed by atoms with Gasteiger partial charge in [-0.15, -0.1) is 0 Å². The minimum Gasteiger partial charge on any atom is -0.480 e. The van der Waals surface area contributed by atoms with Gasteiger partial charge in [-0.25, -0.2) is 4.79 Å². The van der Waals surface area contributed by atoms with Crippen LogP contribution in [-0.2, 0) is 14.4 Å². The van der Waals surface area contributed by atoms with E-state index in [9.17, 15) is 14.4 Å². The number of carboxylic acids is 1. The first-order chi connectivity index (χ1) is 11.8. The number of ether oxygens (including phenoxy) is 1. The van der Waals surface area contributed by atoms with E-state index in [-0.39, 0.29) is 18.4 Å². The molecule has 1 saturated carbocycles. The number of carboxylic acid groups (broad SMARTS) is 1. The van der Waals surface area contributed by atoms with E-state index >= 15 is 0 Å². The molecular weight excluding hydrogens is 324 g/mol. The maximum absolute atomic E-state index is 12.3. The van der Waals surface area contributed by atoms with Crippen LogP contribution >= 0.6 is 0 Å². The van der Waals surface area contributed by atoms with Crippen molar-refractivity contribution in [2.75, 3.05) is 6.54 Å². The molecule has 0 aromatic heterocycles. The van der Waals surface area contributed by atoms with E-state index in [0.29, 0.717) is 25.0 Å². The smallest absolute Gasteiger partial charge is 0.326 e. The van der Waals surface area contributed by atoms with E-state index in [0.717, 1.165) is 0 Å². The molecule has 1 aliphatic rings. The predicted molar refractivity (Wildman–Crippen MR) is 91.1 cm³/mol. The zero-order valence-electron chi connectivity index (χ0n) is 14.5. The van der Waals surface area contributed by atoms with Crippen LogP contribution in [0.4, 0.5) is 0 Å². The van der Waals surface area contributed by atoms with Gasteiger partial charge in [-0.1, -0.05) is 32.0 Å². The highest BCUT2D eigenvalue weighted by Crippen LogP contribution is 2.40. The van der Waals surface area contributed by atoms with Gasteiger partial charge in [0.15, 0.2) is 5.60 Å². The summed E-state index contributed by atoms with van der Waals surface area (Å²) < 4.78 is 5.74. The van der Waals surface area contributed by atoms with Crippen molar-refractivity contribution in [2.45, 2.75) is 44.8 Å². The summed E-state index contributed by atoms with van der Waals surface area (Å²) in [6, 6.07) is 8.06. The minimum atomic E-state index is -1.08. The third-order valence-corrected chi connectivity index (χ3v) is 3.92. The number of rotatable bonds is 9. The number of amides is 2. The van der Waals surface area contributed by atoms with Gasteiger partial charge < -0.3 is 20.5 Å². The fourth-order valence-electron chi connectivity index (χ4n) is 2.46. The van der Waals surface area contributed by atoms with Crippen LogP contribution in [0.5, 0.6) is 5.75 Å². The molecule has 3 N–H and O–H groups in total. The molecule has 25 heavy (non-hydrogen) atoms. The van der Waals surface area contributed by atoms with E-state index in [1.54, 1.807) is 12.1 Å². The topological polar surface area (TPSA) is 105 Å². The molecule has 7 heteroatoms. The first-order valence-corrected chi connectivity index (χ1v) is 8.37. The largest absolute Gasteiger partial charge is 0.480 e. The van der Waals surface area contributed by atoms with Crippen LogP contribution in [-0.4, -0.2) is 41.1 Å². The Morgan fingerprint density at radius 2 is 1.84 bits per heavy atom. The summed E-state index contributed by atoms with van der Waals surface area (Å²) in [5.41, 5.74) is -0.925. The summed E-state index contributed by atoms with van der Waals surface area (Å²) in [6.07, 6.45) is 1.50. The maximum Gasteiger partial charge on any atom is 0.326 e. The van der Waals surface area contributed by atoms with Crippen LogP contribution in [0.25, 0.3) is 0 Å². The number of aliphatic carboxylic acids is 1. The van der Waals surface area contributed by atoms with Crippen LogP contribution < -0.4 is 15.4 Å². The lowest BCUT2D eigenvalue weighted by Gasteiger charge is -2.19. The Morgan fingerprint density at radius 1 is 1.20 bits per heavy atom. The average Bonchev–Trinajstić information content (AvgIpc) is 3.33. The van der Waals surface area contributed by atoms with Gasteiger partial charge in [0.2, 0.25) is 5.91 Å². The van der Waals surface area contributed by atoms with Gasteiger partial charge in [-0.05, 0) is 24.5 Å². The number of para-hydroxylation sites is 1. The number of benzene rings is 1. The van der Waals surface area contributed by atoms with Crippen LogP contribution in [0.1, 0.15) is 33.1 Å². The molecule has 7 nitrogen and oxygen atoms in total. The fraction of sp³-hybridized carbons (Fsp3) is 0.500. The second-order valence-electron chi connectivity index (χ2n) is 6.68. The Balaban J connectivity index is 1.83. The summed E-state index contributed by atoms with van der Waals surface area (Å²) in [6.45, 7) is 3.48. The van der Waals surface area contributed by atoms with Gasteiger partial charge in [0.05, 0.1) is 6.54 Å². The Bertz CT molecular complexity index is 626. The van der Waals surface area contributed by atoms with E-state index in [4.69, 9.17) is 9.84 Å². The van der Waals surface area contributed by atoms with E-state index in [2.05, 4.69) is 10.6 Å². The molecule has 0 spiro atoms. The Labute approximate surface area is 146 Å². The molecule has 136 valence electrons. The summed E-state index contributed by atoms with van der Waals surface area (Å²) in [4.78, 5) is 35.4. The van der Waals surface area contributed by atoms with Crippen molar-refractivity contribution in [3.05, 3.63) is 30.3 Å². The lowest BCUT2D eigenvalue weighted by Crippen LogP contribution is -2.48. The van der Waals surface area contributed by atoms with Crippen molar-refractivity contribution in [3.63, 3.8) is 0 Å². The van der Waals surface area contributed by atoms with Gasteiger partial charge in [-0.2, -0.15) is 0 Å². The van der Waals surface area contributed by atoms with Crippen LogP contribution in [0, 0.1) is 5.92 Å². The molecule has 1 fully saturated rings. The predicted octanol–water partition coefficient (Wildman–Crippen LogP) is 1.33.